The number of imidazole rings is 1. The number of aryl methyl sites for hydroxylation is 3. The number of carbonyl (C=O) groups excluding carboxylic acids is 1. The molecule has 216 valence electrons. The molecule has 0 bridgehead atoms. The van der Waals surface area contributed by atoms with E-state index in [2.05, 4.69) is 25.4 Å². The minimum absolute atomic E-state index is 0.132. The van der Waals surface area contributed by atoms with E-state index in [-0.39, 0.29) is 11.3 Å². The summed E-state index contributed by atoms with van der Waals surface area (Å²) in [4.78, 5) is 25.8. The number of aromatic nitrogens is 6. The fraction of sp³-hybridized carbons (Fsp3) is 0.129. The number of amides is 1. The van der Waals surface area contributed by atoms with Gasteiger partial charge in [-0.2, -0.15) is 18.3 Å². The Bertz CT molecular complexity index is 2030. The molecule has 6 rings (SSSR count). The highest BCUT2D eigenvalue weighted by molar-refractivity contribution is 6.05. The van der Waals surface area contributed by atoms with Crippen LogP contribution in [0.2, 0.25) is 0 Å². The number of fused-ring (bicyclic) bond motifs is 1. The maximum atomic E-state index is 13.8. The first kappa shape index (κ1) is 27.6. The fourth-order valence-electron chi connectivity index (χ4n) is 4.98. The van der Waals surface area contributed by atoms with Crippen molar-refractivity contribution in [1.82, 2.24) is 29.3 Å². The third kappa shape index (κ3) is 5.42. The van der Waals surface area contributed by atoms with E-state index in [4.69, 9.17) is 5.73 Å². The molecule has 9 nitrogen and oxygen atoms in total. The number of nitrogens with two attached hydrogens (primary N) is 1. The number of alkyl halides is 3. The topological polar surface area (TPSA) is 117 Å². The zero-order valence-corrected chi connectivity index (χ0v) is 23.3. The van der Waals surface area contributed by atoms with Crippen LogP contribution in [0, 0.1) is 20.8 Å². The van der Waals surface area contributed by atoms with Gasteiger partial charge in [0.25, 0.3) is 5.91 Å². The van der Waals surface area contributed by atoms with E-state index in [1.165, 1.54) is 17.0 Å². The highest BCUT2D eigenvalue weighted by Gasteiger charge is 2.32. The summed E-state index contributed by atoms with van der Waals surface area (Å²) in [6.07, 6.45) is 0.0651. The molecule has 0 atom stereocenters. The van der Waals surface area contributed by atoms with Gasteiger partial charge in [0, 0.05) is 34.6 Å². The monoisotopic (exact) mass is 582 g/mol. The van der Waals surface area contributed by atoms with Crippen LogP contribution in [0.15, 0.2) is 79.4 Å². The second-order valence-corrected chi connectivity index (χ2v) is 10.2. The van der Waals surface area contributed by atoms with Gasteiger partial charge in [-0.3, -0.25) is 4.79 Å². The van der Waals surface area contributed by atoms with Gasteiger partial charge in [0.1, 0.15) is 18.0 Å². The Morgan fingerprint density at radius 1 is 0.953 bits per heavy atom. The molecule has 12 heteroatoms. The first-order chi connectivity index (χ1) is 20.5. The number of benzene rings is 3. The van der Waals surface area contributed by atoms with Gasteiger partial charge in [-0.05, 0) is 73.9 Å². The summed E-state index contributed by atoms with van der Waals surface area (Å²) in [7, 11) is 0. The highest BCUT2D eigenvalue weighted by Crippen LogP contribution is 2.33. The van der Waals surface area contributed by atoms with Crippen LogP contribution in [0.4, 0.5) is 24.7 Å². The fourth-order valence-corrected chi connectivity index (χ4v) is 4.98. The van der Waals surface area contributed by atoms with Gasteiger partial charge in [-0.15, -0.1) is 0 Å². The maximum absolute atomic E-state index is 13.8. The van der Waals surface area contributed by atoms with Crippen LogP contribution in [0.1, 0.15) is 33.0 Å². The van der Waals surface area contributed by atoms with Crippen molar-refractivity contribution in [2.75, 3.05) is 11.1 Å². The van der Waals surface area contributed by atoms with Gasteiger partial charge in [-0.1, -0.05) is 18.2 Å². The molecule has 43 heavy (non-hydrogen) atoms. The third-order valence-corrected chi connectivity index (χ3v) is 7.06. The van der Waals surface area contributed by atoms with Crippen LogP contribution in [0.5, 0.6) is 0 Å². The molecule has 3 aromatic carbocycles. The molecular formula is C31H25F3N8O. The van der Waals surface area contributed by atoms with Gasteiger partial charge in [0.15, 0.2) is 5.82 Å². The Morgan fingerprint density at radius 2 is 1.77 bits per heavy atom. The molecule has 0 aliphatic rings. The number of anilines is 2. The SMILES string of the molecule is Cc1cn(-c2cc(C(=O)Nc3ccc(C)c(-c4ccc5cnn(-c6cc(N)ncn6)c5c4)c3)cc(C(F)(F)F)c2)c(C)n1. The Hall–Kier alpha value is -5.52. The van der Waals surface area contributed by atoms with Crippen molar-refractivity contribution in [2.45, 2.75) is 26.9 Å². The number of carbonyl (C=O) groups is 1. The van der Waals surface area contributed by atoms with Crippen LogP contribution in [-0.2, 0) is 6.18 Å². The minimum atomic E-state index is -4.64. The Balaban J connectivity index is 1.35. The molecule has 0 aliphatic heterocycles. The average Bonchev–Trinajstić information content (AvgIpc) is 3.55. The number of nitrogen functional groups attached to an aromatic ring is 1. The standard InChI is InChI=1S/C31H25F3N8O/c1-17-4-7-24(12-26(17)20-5-6-21-14-38-42(27(21)10-20)29-13-28(35)36-16-37-29)40-30(43)22-8-23(31(32,33)34)11-25(9-22)41-15-18(2)39-19(41)3/h4-16H,1-3H3,(H,40,43)(H2,35,36,37). The Kier molecular flexibility index (Phi) is 6.68. The summed E-state index contributed by atoms with van der Waals surface area (Å²) in [6.45, 7) is 5.37. The molecule has 0 fully saturated rings. The number of nitrogens with one attached hydrogen (secondary N) is 1. The van der Waals surface area contributed by atoms with Crippen LogP contribution in [0.3, 0.4) is 0 Å². The van der Waals surface area contributed by atoms with E-state index in [0.29, 0.717) is 28.8 Å². The lowest BCUT2D eigenvalue weighted by Gasteiger charge is -2.15. The van der Waals surface area contributed by atoms with Crippen molar-refractivity contribution >= 4 is 28.3 Å². The number of halogens is 3. The number of nitrogens with zero attached hydrogens (tertiary/aromatic N) is 6. The Labute approximate surface area is 243 Å². The van der Waals surface area contributed by atoms with Crippen molar-refractivity contribution in [3.63, 3.8) is 0 Å². The number of hydrogen-bond acceptors (Lipinski definition) is 6. The summed E-state index contributed by atoms with van der Waals surface area (Å²) in [6, 6.07) is 16.0. The van der Waals surface area contributed by atoms with Gasteiger partial charge >= 0.3 is 6.18 Å². The summed E-state index contributed by atoms with van der Waals surface area (Å²) in [5.74, 6) is 0.658. The quantitative estimate of drug-likeness (QED) is 0.241. The zero-order chi connectivity index (χ0) is 30.5. The minimum Gasteiger partial charge on any atom is -0.384 e. The van der Waals surface area contributed by atoms with E-state index >= 15 is 0 Å². The summed E-state index contributed by atoms with van der Waals surface area (Å²) >= 11 is 0. The highest BCUT2D eigenvalue weighted by atomic mass is 19.4. The van der Waals surface area contributed by atoms with Gasteiger partial charge in [0.2, 0.25) is 0 Å². The maximum Gasteiger partial charge on any atom is 0.416 e. The lowest BCUT2D eigenvalue weighted by atomic mass is 9.99. The van der Waals surface area contributed by atoms with Crippen molar-refractivity contribution < 1.29 is 18.0 Å². The van der Waals surface area contributed by atoms with Gasteiger partial charge in [-0.25, -0.2) is 19.6 Å². The molecule has 0 saturated heterocycles. The Morgan fingerprint density at radius 3 is 2.49 bits per heavy atom. The molecule has 6 aromatic rings. The van der Waals surface area contributed by atoms with Crippen LogP contribution < -0.4 is 11.1 Å². The average molecular weight is 583 g/mol. The van der Waals surface area contributed by atoms with Gasteiger partial charge in [0.05, 0.1) is 23.0 Å². The normalized spacial score (nSPS) is 11.7. The summed E-state index contributed by atoms with van der Waals surface area (Å²) in [5.41, 5.74) is 9.43. The van der Waals surface area contributed by atoms with E-state index in [1.54, 1.807) is 49.1 Å². The summed E-state index contributed by atoms with van der Waals surface area (Å²) in [5, 5.41) is 8.09. The van der Waals surface area contributed by atoms with Crippen molar-refractivity contribution in [3.05, 3.63) is 108 Å². The molecule has 0 unspecified atom stereocenters. The van der Waals surface area contributed by atoms with Crippen LogP contribution >= 0.6 is 0 Å². The van der Waals surface area contributed by atoms with Crippen molar-refractivity contribution in [3.8, 4) is 22.6 Å². The predicted molar refractivity (Wildman–Crippen MR) is 157 cm³/mol. The van der Waals surface area contributed by atoms with Crippen LogP contribution in [0.25, 0.3) is 33.5 Å². The zero-order valence-electron chi connectivity index (χ0n) is 23.3. The molecule has 0 spiro atoms. The number of rotatable bonds is 5. The predicted octanol–water partition coefficient (Wildman–Crippen LogP) is 6.45. The first-order valence-electron chi connectivity index (χ1n) is 13.2. The first-order valence-corrected chi connectivity index (χ1v) is 13.2. The van der Waals surface area contributed by atoms with Gasteiger partial charge < -0.3 is 15.6 Å². The molecule has 0 saturated carbocycles. The summed E-state index contributed by atoms with van der Waals surface area (Å²) < 4.78 is 44.6. The van der Waals surface area contributed by atoms with Crippen molar-refractivity contribution in [1.29, 1.82) is 0 Å². The van der Waals surface area contributed by atoms with E-state index in [0.717, 1.165) is 39.7 Å². The molecule has 0 radical (unpaired) electrons. The molecule has 0 aliphatic carbocycles. The second kappa shape index (κ2) is 10.4. The second-order valence-electron chi connectivity index (χ2n) is 10.2. The van der Waals surface area contributed by atoms with Crippen molar-refractivity contribution in [2.24, 2.45) is 0 Å². The smallest absolute Gasteiger partial charge is 0.384 e. The number of hydrogen-bond donors (Lipinski definition) is 2. The molecule has 1 amide bonds. The third-order valence-electron chi connectivity index (χ3n) is 7.06. The molecular weight excluding hydrogens is 557 g/mol. The largest absolute Gasteiger partial charge is 0.416 e. The van der Waals surface area contributed by atoms with E-state index in [9.17, 15) is 18.0 Å². The van der Waals surface area contributed by atoms with E-state index in [1.807, 2.05) is 31.2 Å². The molecule has 3 heterocycles. The lowest BCUT2D eigenvalue weighted by Crippen LogP contribution is -2.15. The van der Waals surface area contributed by atoms with Crippen LogP contribution in [-0.4, -0.2) is 35.2 Å². The molecule has 3 aromatic heterocycles. The van der Waals surface area contributed by atoms with E-state index < -0.39 is 17.6 Å². The lowest BCUT2D eigenvalue weighted by molar-refractivity contribution is -0.137. The molecule has 3 N–H and O–H groups in total.